The maximum atomic E-state index is 13.2. The number of halogens is 2. The minimum absolute atomic E-state index is 0.0199. The SMILES string of the molecule is O=C(Nc1ncc(Cl)s1)[C@H](CC1CCOCC1)N1CCN(S(=O)(=O)c2ccc(F)cc2)CC1=O. The van der Waals surface area contributed by atoms with Crippen LogP contribution in [-0.2, 0) is 24.3 Å². The van der Waals surface area contributed by atoms with Gasteiger partial charge in [-0.3, -0.25) is 9.59 Å². The Morgan fingerprint density at radius 1 is 1.26 bits per heavy atom. The molecule has 0 saturated carbocycles. The lowest BCUT2D eigenvalue weighted by atomic mass is 9.91. The quantitative estimate of drug-likeness (QED) is 0.589. The van der Waals surface area contributed by atoms with Crippen LogP contribution in [0.15, 0.2) is 35.4 Å². The molecule has 1 N–H and O–H groups in total. The number of thiazole rings is 1. The van der Waals surface area contributed by atoms with Crippen LogP contribution in [-0.4, -0.2) is 73.3 Å². The fourth-order valence-electron chi connectivity index (χ4n) is 4.13. The Morgan fingerprint density at radius 3 is 2.59 bits per heavy atom. The highest BCUT2D eigenvalue weighted by atomic mass is 35.5. The number of hydrogen-bond acceptors (Lipinski definition) is 7. The molecule has 0 unspecified atom stereocenters. The Hall–Kier alpha value is -2.12. The van der Waals surface area contributed by atoms with Gasteiger partial charge in [0, 0.05) is 26.3 Å². The van der Waals surface area contributed by atoms with Crippen LogP contribution in [0.1, 0.15) is 19.3 Å². The van der Waals surface area contributed by atoms with Crippen LogP contribution in [0, 0.1) is 11.7 Å². The molecule has 0 aliphatic carbocycles. The largest absolute Gasteiger partial charge is 0.381 e. The normalized spacial score (nSPS) is 19.2. The summed E-state index contributed by atoms with van der Waals surface area (Å²) >= 11 is 7.03. The van der Waals surface area contributed by atoms with Gasteiger partial charge in [-0.2, -0.15) is 4.31 Å². The summed E-state index contributed by atoms with van der Waals surface area (Å²) < 4.78 is 46.0. The second kappa shape index (κ2) is 10.6. The molecule has 1 aromatic carbocycles. The van der Waals surface area contributed by atoms with Crippen molar-refractivity contribution in [1.82, 2.24) is 14.2 Å². The van der Waals surface area contributed by atoms with Gasteiger partial charge < -0.3 is 15.0 Å². The van der Waals surface area contributed by atoms with Crippen molar-refractivity contribution in [2.75, 3.05) is 38.2 Å². The Bertz CT molecular complexity index is 1140. The van der Waals surface area contributed by atoms with Gasteiger partial charge in [0.05, 0.1) is 17.6 Å². The van der Waals surface area contributed by atoms with Gasteiger partial charge in [0.15, 0.2) is 5.13 Å². The number of hydrogen-bond donors (Lipinski definition) is 1. The number of sulfonamides is 1. The highest BCUT2D eigenvalue weighted by Gasteiger charge is 2.39. The summed E-state index contributed by atoms with van der Waals surface area (Å²) in [7, 11) is -3.97. The zero-order valence-electron chi connectivity index (χ0n) is 18.2. The van der Waals surface area contributed by atoms with Crippen molar-refractivity contribution in [2.45, 2.75) is 30.2 Å². The van der Waals surface area contributed by atoms with E-state index in [9.17, 15) is 22.4 Å². The van der Waals surface area contributed by atoms with Crippen molar-refractivity contribution in [2.24, 2.45) is 5.92 Å². The molecule has 0 bridgehead atoms. The third-order valence-electron chi connectivity index (χ3n) is 5.96. The van der Waals surface area contributed by atoms with Gasteiger partial charge in [-0.05, 0) is 49.4 Å². The van der Waals surface area contributed by atoms with E-state index in [1.165, 1.54) is 23.2 Å². The standard InChI is InChI=1S/C21H24ClFN4O5S2/c22-18-12-24-21(33-18)25-20(29)17(11-14-5-9-32-10-6-14)27-8-7-26(13-19(27)28)34(30,31)16-3-1-15(23)2-4-16/h1-4,12,14,17H,5-11,13H2,(H,24,25,29)/t17-/m0/s1. The molecular formula is C21H24ClFN4O5S2. The Labute approximate surface area is 205 Å². The molecule has 0 radical (unpaired) electrons. The number of amides is 2. The molecule has 1 atom stereocenters. The molecule has 2 aliphatic rings. The summed E-state index contributed by atoms with van der Waals surface area (Å²) in [5.74, 6) is -1.22. The number of carbonyl (C=O) groups excluding carboxylic acids is 2. The molecule has 3 heterocycles. The van der Waals surface area contributed by atoms with Crippen LogP contribution in [0.4, 0.5) is 9.52 Å². The second-order valence-electron chi connectivity index (χ2n) is 8.15. The van der Waals surface area contributed by atoms with Crippen LogP contribution >= 0.6 is 22.9 Å². The van der Waals surface area contributed by atoms with Gasteiger partial charge in [0.2, 0.25) is 21.8 Å². The number of benzene rings is 1. The van der Waals surface area contributed by atoms with Gasteiger partial charge in [-0.25, -0.2) is 17.8 Å². The molecule has 0 spiro atoms. The number of ether oxygens (including phenoxy) is 1. The molecule has 34 heavy (non-hydrogen) atoms. The van der Waals surface area contributed by atoms with Gasteiger partial charge in [-0.15, -0.1) is 0 Å². The first-order valence-corrected chi connectivity index (χ1v) is 13.4. The molecular weight excluding hydrogens is 507 g/mol. The molecule has 2 fully saturated rings. The monoisotopic (exact) mass is 530 g/mol. The van der Waals surface area contributed by atoms with E-state index in [2.05, 4.69) is 10.3 Å². The average molecular weight is 531 g/mol. The predicted molar refractivity (Wildman–Crippen MR) is 125 cm³/mol. The third-order valence-corrected chi connectivity index (χ3v) is 8.85. The van der Waals surface area contributed by atoms with Crippen molar-refractivity contribution in [1.29, 1.82) is 0 Å². The van der Waals surface area contributed by atoms with Crippen molar-refractivity contribution < 1.29 is 27.1 Å². The average Bonchev–Trinajstić information content (AvgIpc) is 3.23. The minimum atomic E-state index is -3.97. The zero-order chi connectivity index (χ0) is 24.3. The smallest absolute Gasteiger partial charge is 0.248 e. The molecule has 2 saturated heterocycles. The first-order chi connectivity index (χ1) is 16.2. The number of carbonyl (C=O) groups is 2. The van der Waals surface area contributed by atoms with E-state index in [-0.39, 0.29) is 29.8 Å². The molecule has 9 nitrogen and oxygen atoms in total. The fraction of sp³-hybridized carbons (Fsp3) is 0.476. The van der Waals surface area contributed by atoms with Crippen molar-refractivity contribution in [3.05, 3.63) is 40.6 Å². The summed E-state index contributed by atoms with van der Waals surface area (Å²) in [6, 6.07) is 3.67. The van der Waals surface area contributed by atoms with Crippen LogP contribution in [0.2, 0.25) is 4.34 Å². The highest BCUT2D eigenvalue weighted by molar-refractivity contribution is 7.89. The number of rotatable bonds is 7. The van der Waals surface area contributed by atoms with Crippen LogP contribution in [0.25, 0.3) is 0 Å². The predicted octanol–water partition coefficient (Wildman–Crippen LogP) is 2.59. The highest BCUT2D eigenvalue weighted by Crippen LogP contribution is 2.27. The molecule has 2 aromatic rings. The van der Waals surface area contributed by atoms with E-state index < -0.39 is 34.3 Å². The summed E-state index contributed by atoms with van der Waals surface area (Å²) in [5.41, 5.74) is 0. The third kappa shape index (κ3) is 5.74. The van der Waals surface area contributed by atoms with E-state index in [4.69, 9.17) is 16.3 Å². The van der Waals surface area contributed by atoms with Gasteiger partial charge in [0.1, 0.15) is 16.2 Å². The second-order valence-corrected chi connectivity index (χ2v) is 11.7. The van der Waals surface area contributed by atoms with E-state index >= 15 is 0 Å². The maximum Gasteiger partial charge on any atom is 0.248 e. The van der Waals surface area contributed by atoms with Crippen molar-refractivity contribution in [3.8, 4) is 0 Å². The van der Waals surface area contributed by atoms with Gasteiger partial charge in [0.25, 0.3) is 0 Å². The summed E-state index contributed by atoms with van der Waals surface area (Å²) in [6.07, 6.45) is 3.42. The Balaban J connectivity index is 1.50. The van der Waals surface area contributed by atoms with E-state index in [0.717, 1.165) is 40.6 Å². The van der Waals surface area contributed by atoms with Gasteiger partial charge >= 0.3 is 0 Å². The number of aromatic nitrogens is 1. The molecule has 2 aliphatic heterocycles. The molecule has 184 valence electrons. The topological polar surface area (TPSA) is 109 Å². The minimum Gasteiger partial charge on any atom is -0.381 e. The lowest BCUT2D eigenvalue weighted by Gasteiger charge is -2.39. The van der Waals surface area contributed by atoms with Crippen molar-refractivity contribution >= 4 is 49.9 Å². The molecule has 1 aromatic heterocycles. The number of nitrogens with one attached hydrogen (secondary N) is 1. The molecule has 2 amide bonds. The van der Waals surface area contributed by atoms with E-state index in [1.807, 2.05) is 0 Å². The molecule has 4 rings (SSSR count). The lowest BCUT2D eigenvalue weighted by Crippen LogP contribution is -2.58. The lowest BCUT2D eigenvalue weighted by molar-refractivity contribution is -0.142. The number of anilines is 1. The Morgan fingerprint density at radius 2 is 1.97 bits per heavy atom. The number of nitrogens with zero attached hydrogens (tertiary/aromatic N) is 3. The fourth-order valence-corrected chi connectivity index (χ4v) is 6.33. The maximum absolute atomic E-state index is 13.2. The number of piperazine rings is 1. The van der Waals surface area contributed by atoms with Crippen LogP contribution < -0.4 is 5.32 Å². The van der Waals surface area contributed by atoms with Crippen LogP contribution in [0.5, 0.6) is 0 Å². The zero-order valence-corrected chi connectivity index (χ0v) is 20.5. The van der Waals surface area contributed by atoms with E-state index in [1.54, 1.807) is 0 Å². The molecule has 13 heteroatoms. The van der Waals surface area contributed by atoms with Crippen molar-refractivity contribution in [3.63, 3.8) is 0 Å². The van der Waals surface area contributed by atoms with E-state index in [0.29, 0.717) is 29.1 Å². The summed E-state index contributed by atoms with van der Waals surface area (Å²) in [4.78, 5) is 31.7. The van der Waals surface area contributed by atoms with Crippen LogP contribution in [0.3, 0.4) is 0 Å². The van der Waals surface area contributed by atoms with Gasteiger partial charge in [-0.1, -0.05) is 22.9 Å². The summed E-state index contributed by atoms with van der Waals surface area (Å²) in [5, 5.41) is 3.06. The Kier molecular flexibility index (Phi) is 7.83. The summed E-state index contributed by atoms with van der Waals surface area (Å²) in [6.45, 7) is 0.864. The first-order valence-electron chi connectivity index (χ1n) is 10.8. The first kappa shape index (κ1) is 25.0.